The Hall–Kier alpha value is -3.26. The van der Waals surface area contributed by atoms with Gasteiger partial charge in [-0.3, -0.25) is 39.3 Å². The first-order chi connectivity index (χ1) is 16.6. The number of rotatable bonds is 9. The molecule has 0 aliphatic carbocycles. The lowest BCUT2D eigenvalue weighted by atomic mass is 10.1. The van der Waals surface area contributed by atoms with E-state index in [1.165, 1.54) is 0 Å². The number of hydrogen-bond donors (Lipinski definition) is 5. The molecular formula is C22H34N6O7. The minimum absolute atomic E-state index is 0.124. The molecule has 0 spiro atoms. The Morgan fingerprint density at radius 1 is 0.686 bits per heavy atom. The summed E-state index contributed by atoms with van der Waals surface area (Å²) in [5.41, 5.74) is 9.90. The van der Waals surface area contributed by atoms with Gasteiger partial charge in [0.15, 0.2) is 0 Å². The maximum atomic E-state index is 12.6. The Kier molecular flexibility index (Phi) is 11.4. The number of carboxylic acid groups (broad SMARTS) is 3. The molecule has 1 saturated heterocycles. The average molecular weight is 495 g/mol. The highest BCUT2D eigenvalue weighted by Crippen LogP contribution is 2.06. The lowest BCUT2D eigenvalue weighted by molar-refractivity contribution is -0.140. The predicted molar refractivity (Wildman–Crippen MR) is 127 cm³/mol. The first-order valence-corrected chi connectivity index (χ1v) is 11.3. The van der Waals surface area contributed by atoms with Gasteiger partial charge in [0.1, 0.15) is 0 Å². The number of carbonyl (C=O) groups excluding carboxylic acids is 1. The number of nitrogens with one attached hydrogen (secondary N) is 1. The van der Waals surface area contributed by atoms with E-state index in [4.69, 9.17) is 5.73 Å². The zero-order valence-corrected chi connectivity index (χ0v) is 19.6. The van der Waals surface area contributed by atoms with E-state index in [1.807, 2.05) is 0 Å². The number of benzene rings is 1. The van der Waals surface area contributed by atoms with E-state index in [0.29, 0.717) is 58.0 Å². The Balaban J connectivity index is 2.11. The zero-order chi connectivity index (χ0) is 25.8. The van der Waals surface area contributed by atoms with Crippen LogP contribution in [0.1, 0.15) is 5.56 Å². The summed E-state index contributed by atoms with van der Waals surface area (Å²) in [4.78, 5) is 51.6. The molecule has 2 rings (SSSR count). The summed E-state index contributed by atoms with van der Waals surface area (Å²) >= 11 is 0. The van der Waals surface area contributed by atoms with Crippen LogP contribution in [0.5, 0.6) is 0 Å². The molecule has 1 fully saturated rings. The number of nitrogens with zero attached hydrogens (tertiary/aromatic N) is 4. The van der Waals surface area contributed by atoms with E-state index in [0.717, 1.165) is 5.56 Å². The molecule has 0 bridgehead atoms. The van der Waals surface area contributed by atoms with Gasteiger partial charge in [-0.15, -0.1) is 0 Å². The summed E-state index contributed by atoms with van der Waals surface area (Å²) in [6, 6.07) is 6.94. The van der Waals surface area contributed by atoms with Gasteiger partial charge < -0.3 is 21.1 Å². The first-order valence-electron chi connectivity index (χ1n) is 11.3. The second-order valence-corrected chi connectivity index (χ2v) is 8.45. The summed E-state index contributed by atoms with van der Waals surface area (Å²) in [6.07, 6.45) is 0.124. The van der Waals surface area contributed by atoms with Gasteiger partial charge in [-0.2, -0.15) is 0 Å². The molecule has 0 unspecified atom stereocenters. The molecule has 0 saturated carbocycles. The molecule has 1 amide bonds. The number of amides is 1. The third kappa shape index (κ3) is 11.6. The van der Waals surface area contributed by atoms with Crippen molar-refractivity contribution in [3.8, 4) is 0 Å². The maximum Gasteiger partial charge on any atom is 0.317 e. The van der Waals surface area contributed by atoms with E-state index in [9.17, 15) is 34.5 Å². The number of hydrazine groups is 1. The van der Waals surface area contributed by atoms with E-state index in [2.05, 4.69) is 5.43 Å². The van der Waals surface area contributed by atoms with Gasteiger partial charge in [0.05, 0.1) is 26.1 Å². The van der Waals surface area contributed by atoms with Gasteiger partial charge in [0, 0.05) is 58.0 Å². The predicted octanol–water partition coefficient (Wildman–Crippen LogP) is -1.68. The minimum Gasteiger partial charge on any atom is -0.480 e. The molecule has 35 heavy (non-hydrogen) atoms. The summed E-state index contributed by atoms with van der Waals surface area (Å²) in [5, 5.41) is 29.4. The Bertz CT molecular complexity index is 834. The fraction of sp³-hybridized carbons (Fsp3) is 0.545. The largest absolute Gasteiger partial charge is 0.480 e. The van der Waals surface area contributed by atoms with Crippen LogP contribution < -0.4 is 11.2 Å². The second kappa shape index (κ2) is 14.2. The molecule has 1 heterocycles. The highest BCUT2D eigenvalue weighted by Gasteiger charge is 2.20. The Labute approximate surface area is 203 Å². The van der Waals surface area contributed by atoms with Crippen molar-refractivity contribution in [2.24, 2.45) is 0 Å². The van der Waals surface area contributed by atoms with Crippen molar-refractivity contribution >= 4 is 29.5 Å². The van der Waals surface area contributed by atoms with Crippen molar-refractivity contribution in [1.82, 2.24) is 25.1 Å². The van der Waals surface area contributed by atoms with Crippen LogP contribution in [0.4, 0.5) is 5.69 Å². The number of nitrogens with two attached hydrogens (primary N) is 1. The molecule has 1 aliphatic rings. The highest BCUT2D eigenvalue weighted by molar-refractivity contribution is 5.78. The molecule has 1 aliphatic heterocycles. The van der Waals surface area contributed by atoms with Gasteiger partial charge in [-0.25, -0.2) is 5.01 Å². The van der Waals surface area contributed by atoms with Crippen LogP contribution in [-0.4, -0.2) is 131 Å². The molecular weight excluding hydrogens is 460 g/mol. The molecule has 0 aromatic heterocycles. The van der Waals surface area contributed by atoms with Crippen LogP contribution in [-0.2, 0) is 25.6 Å². The number of carboxylic acids is 3. The van der Waals surface area contributed by atoms with Crippen LogP contribution in [0.3, 0.4) is 0 Å². The summed E-state index contributed by atoms with van der Waals surface area (Å²) in [7, 11) is 0. The summed E-state index contributed by atoms with van der Waals surface area (Å²) < 4.78 is 0. The van der Waals surface area contributed by atoms with Crippen LogP contribution in [0, 0.1) is 0 Å². The van der Waals surface area contributed by atoms with Crippen molar-refractivity contribution in [2.75, 3.05) is 77.7 Å². The monoisotopic (exact) mass is 494 g/mol. The molecule has 6 N–H and O–H groups in total. The van der Waals surface area contributed by atoms with Gasteiger partial charge >= 0.3 is 17.9 Å². The number of carbonyl (C=O) groups is 4. The van der Waals surface area contributed by atoms with E-state index < -0.39 is 17.9 Å². The molecule has 13 nitrogen and oxygen atoms in total. The fourth-order valence-corrected chi connectivity index (χ4v) is 3.73. The third-order valence-corrected chi connectivity index (χ3v) is 5.54. The Morgan fingerprint density at radius 2 is 1.06 bits per heavy atom. The molecule has 13 heteroatoms. The average Bonchev–Trinajstić information content (AvgIpc) is 2.76. The van der Waals surface area contributed by atoms with Gasteiger partial charge in [-0.05, 0) is 17.7 Å². The molecule has 1 aromatic rings. The summed E-state index contributed by atoms with van der Waals surface area (Å²) in [5.74, 6) is -3.28. The number of nitrogen functional groups attached to an aromatic ring is 1. The van der Waals surface area contributed by atoms with Crippen LogP contribution in [0.2, 0.25) is 0 Å². The van der Waals surface area contributed by atoms with Crippen LogP contribution >= 0.6 is 0 Å². The van der Waals surface area contributed by atoms with Crippen molar-refractivity contribution in [3.05, 3.63) is 29.8 Å². The van der Waals surface area contributed by atoms with Crippen molar-refractivity contribution in [1.29, 1.82) is 0 Å². The zero-order valence-electron chi connectivity index (χ0n) is 19.6. The molecule has 0 radical (unpaired) electrons. The number of anilines is 1. The lowest BCUT2D eigenvalue weighted by Gasteiger charge is -2.33. The number of hydrogen-bond acceptors (Lipinski definition) is 9. The molecule has 1 aromatic carbocycles. The quantitative estimate of drug-likeness (QED) is 0.246. The first kappa shape index (κ1) is 28.0. The number of aliphatic carboxylic acids is 3. The third-order valence-electron chi connectivity index (χ3n) is 5.54. The van der Waals surface area contributed by atoms with Crippen molar-refractivity contribution < 1.29 is 34.5 Å². The Morgan fingerprint density at radius 3 is 1.43 bits per heavy atom. The van der Waals surface area contributed by atoms with Gasteiger partial charge in [0.2, 0.25) is 5.91 Å². The van der Waals surface area contributed by atoms with E-state index in [-0.39, 0.29) is 32.0 Å². The van der Waals surface area contributed by atoms with E-state index >= 15 is 0 Å². The fourth-order valence-electron chi connectivity index (χ4n) is 3.73. The SMILES string of the molecule is Nc1ccc(CC(=O)NN2CCN(CC(=O)O)CCN(CC(=O)O)CCN(CC(=O)O)CC2)cc1. The van der Waals surface area contributed by atoms with E-state index in [1.54, 1.807) is 44.0 Å². The van der Waals surface area contributed by atoms with Crippen LogP contribution in [0.25, 0.3) is 0 Å². The standard InChI is InChI=1S/C22H34N6O7/c23-18-3-1-17(2-4-18)13-19(29)24-28-11-9-26(15-21(32)33)7-5-25(14-20(30)31)6-8-27(10-12-28)16-22(34)35/h1-4H,5-16,23H2,(H,24,29)(H,30,31)(H,32,33)(H,34,35). The van der Waals surface area contributed by atoms with Crippen LogP contribution in [0.15, 0.2) is 24.3 Å². The maximum absolute atomic E-state index is 12.6. The molecule has 0 atom stereocenters. The summed E-state index contributed by atoms with van der Waals surface area (Å²) in [6.45, 7) is 1.81. The van der Waals surface area contributed by atoms with Gasteiger partial charge in [-0.1, -0.05) is 12.1 Å². The second-order valence-electron chi connectivity index (χ2n) is 8.45. The normalized spacial score (nSPS) is 17.7. The highest BCUT2D eigenvalue weighted by atomic mass is 16.4. The van der Waals surface area contributed by atoms with Gasteiger partial charge in [0.25, 0.3) is 0 Å². The smallest absolute Gasteiger partial charge is 0.317 e. The lowest BCUT2D eigenvalue weighted by Crippen LogP contribution is -2.52. The molecule has 194 valence electrons. The van der Waals surface area contributed by atoms with Crippen molar-refractivity contribution in [3.63, 3.8) is 0 Å². The van der Waals surface area contributed by atoms with Crippen molar-refractivity contribution in [2.45, 2.75) is 6.42 Å². The minimum atomic E-state index is -1.01. The topological polar surface area (TPSA) is 180 Å².